The van der Waals surface area contributed by atoms with E-state index >= 15 is 0 Å². The second-order valence-corrected chi connectivity index (χ2v) is 9.75. The SMILES string of the molecule is CN=C(NCCCCN1CCC(Cc2ccccc2)CC1)NC1CCN(C(=O)C(C)C)C1.I. The molecule has 7 heteroatoms. The van der Waals surface area contributed by atoms with Crippen molar-refractivity contribution in [2.75, 3.05) is 46.3 Å². The van der Waals surface area contributed by atoms with Crippen LogP contribution in [0.15, 0.2) is 35.3 Å². The normalized spacial score (nSPS) is 20.1. The van der Waals surface area contributed by atoms with Gasteiger partial charge in [0, 0.05) is 38.6 Å². The molecule has 2 saturated heterocycles. The third-order valence-electron chi connectivity index (χ3n) is 6.83. The Hall–Kier alpha value is -1.35. The Balaban J connectivity index is 0.00000385. The quantitative estimate of drug-likeness (QED) is 0.206. The monoisotopic (exact) mass is 569 g/mol. The molecule has 1 amide bonds. The number of unbranched alkanes of at least 4 members (excludes halogenated alkanes) is 1. The number of rotatable bonds is 9. The van der Waals surface area contributed by atoms with E-state index < -0.39 is 0 Å². The first-order chi connectivity index (χ1) is 15.5. The molecule has 1 atom stereocenters. The van der Waals surface area contributed by atoms with Gasteiger partial charge in [-0.2, -0.15) is 0 Å². The third-order valence-corrected chi connectivity index (χ3v) is 6.83. The van der Waals surface area contributed by atoms with E-state index in [4.69, 9.17) is 0 Å². The molecule has 3 rings (SSSR count). The van der Waals surface area contributed by atoms with Crippen LogP contribution in [0.3, 0.4) is 0 Å². The topological polar surface area (TPSA) is 60.0 Å². The second kappa shape index (κ2) is 14.8. The van der Waals surface area contributed by atoms with E-state index in [9.17, 15) is 4.79 Å². The number of likely N-dealkylation sites (tertiary alicyclic amines) is 2. The number of nitrogens with one attached hydrogen (secondary N) is 2. The van der Waals surface area contributed by atoms with Crippen LogP contribution in [0.25, 0.3) is 0 Å². The predicted octanol–water partition coefficient (Wildman–Crippen LogP) is 3.76. The summed E-state index contributed by atoms with van der Waals surface area (Å²) in [5.74, 6) is 2.02. The molecular weight excluding hydrogens is 525 g/mol. The zero-order valence-corrected chi connectivity index (χ0v) is 23.1. The summed E-state index contributed by atoms with van der Waals surface area (Å²) in [5, 5.41) is 6.94. The summed E-state index contributed by atoms with van der Waals surface area (Å²) in [7, 11) is 1.82. The maximum Gasteiger partial charge on any atom is 0.225 e. The minimum absolute atomic E-state index is 0. The molecule has 2 N–H and O–H groups in total. The summed E-state index contributed by atoms with van der Waals surface area (Å²) in [4.78, 5) is 21.1. The molecular formula is C26H44IN5O. The molecule has 0 saturated carbocycles. The van der Waals surface area contributed by atoms with E-state index in [1.165, 1.54) is 50.9 Å². The fourth-order valence-electron chi connectivity index (χ4n) is 4.86. The Morgan fingerprint density at radius 3 is 2.48 bits per heavy atom. The van der Waals surface area contributed by atoms with Crippen LogP contribution >= 0.6 is 24.0 Å². The van der Waals surface area contributed by atoms with E-state index in [0.717, 1.165) is 44.4 Å². The fourth-order valence-corrected chi connectivity index (χ4v) is 4.86. The molecule has 0 aliphatic carbocycles. The lowest BCUT2D eigenvalue weighted by atomic mass is 9.90. The minimum atomic E-state index is 0. The molecule has 0 radical (unpaired) electrons. The number of halogens is 1. The number of benzene rings is 1. The number of carbonyl (C=O) groups excluding carboxylic acids is 1. The molecule has 0 aromatic heterocycles. The zero-order valence-electron chi connectivity index (χ0n) is 20.8. The van der Waals surface area contributed by atoms with Crippen molar-refractivity contribution in [2.24, 2.45) is 16.8 Å². The van der Waals surface area contributed by atoms with Crippen LogP contribution in [0.1, 0.15) is 51.5 Å². The van der Waals surface area contributed by atoms with Gasteiger partial charge in [0.05, 0.1) is 0 Å². The highest BCUT2D eigenvalue weighted by molar-refractivity contribution is 14.0. The molecule has 0 spiro atoms. The largest absolute Gasteiger partial charge is 0.356 e. The minimum Gasteiger partial charge on any atom is -0.356 e. The van der Waals surface area contributed by atoms with Crippen LogP contribution < -0.4 is 10.6 Å². The summed E-state index contributed by atoms with van der Waals surface area (Å²) < 4.78 is 0. The molecule has 33 heavy (non-hydrogen) atoms. The second-order valence-electron chi connectivity index (χ2n) is 9.75. The number of guanidine groups is 1. The molecule has 0 bridgehead atoms. The summed E-state index contributed by atoms with van der Waals surface area (Å²) in [6.45, 7) is 10.2. The first kappa shape index (κ1) is 27.9. The average Bonchev–Trinajstić information content (AvgIpc) is 3.27. The van der Waals surface area contributed by atoms with Gasteiger partial charge < -0.3 is 20.4 Å². The van der Waals surface area contributed by atoms with Gasteiger partial charge in [-0.1, -0.05) is 44.2 Å². The van der Waals surface area contributed by atoms with Crippen LogP contribution in [0, 0.1) is 11.8 Å². The first-order valence-electron chi connectivity index (χ1n) is 12.6. The van der Waals surface area contributed by atoms with Crippen molar-refractivity contribution in [2.45, 2.75) is 58.4 Å². The zero-order chi connectivity index (χ0) is 22.8. The van der Waals surface area contributed by atoms with E-state index in [1.54, 1.807) is 0 Å². The van der Waals surface area contributed by atoms with E-state index in [2.05, 4.69) is 50.9 Å². The average molecular weight is 570 g/mol. The molecule has 1 unspecified atom stereocenters. The number of carbonyl (C=O) groups is 1. The smallest absolute Gasteiger partial charge is 0.225 e. The van der Waals surface area contributed by atoms with Gasteiger partial charge in [-0.3, -0.25) is 9.79 Å². The highest BCUT2D eigenvalue weighted by Gasteiger charge is 2.28. The lowest BCUT2D eigenvalue weighted by Crippen LogP contribution is -2.45. The number of nitrogens with zero attached hydrogens (tertiary/aromatic N) is 3. The molecule has 6 nitrogen and oxygen atoms in total. The van der Waals surface area contributed by atoms with E-state index in [-0.39, 0.29) is 35.8 Å². The summed E-state index contributed by atoms with van der Waals surface area (Å²) in [6.07, 6.45) is 7.22. The van der Waals surface area contributed by atoms with Crippen LogP contribution in [0.2, 0.25) is 0 Å². The van der Waals surface area contributed by atoms with Crippen molar-refractivity contribution in [1.29, 1.82) is 0 Å². The molecule has 2 aliphatic rings. The van der Waals surface area contributed by atoms with Crippen LogP contribution in [-0.2, 0) is 11.2 Å². The molecule has 1 aromatic carbocycles. The molecule has 1 aromatic rings. The fraction of sp³-hybridized carbons (Fsp3) is 0.692. The first-order valence-corrected chi connectivity index (χ1v) is 12.6. The van der Waals surface area contributed by atoms with E-state index in [0.29, 0.717) is 6.04 Å². The highest BCUT2D eigenvalue weighted by atomic mass is 127. The van der Waals surface area contributed by atoms with Gasteiger partial charge in [0.1, 0.15) is 0 Å². The van der Waals surface area contributed by atoms with Crippen LogP contribution in [0.5, 0.6) is 0 Å². The maximum absolute atomic E-state index is 12.2. The maximum atomic E-state index is 12.2. The number of amides is 1. The van der Waals surface area contributed by atoms with Gasteiger partial charge in [0.25, 0.3) is 0 Å². The van der Waals surface area contributed by atoms with Gasteiger partial charge in [-0.05, 0) is 69.6 Å². The van der Waals surface area contributed by atoms with Gasteiger partial charge in [-0.15, -0.1) is 24.0 Å². The molecule has 2 heterocycles. The molecule has 2 aliphatic heterocycles. The predicted molar refractivity (Wildman–Crippen MR) is 148 cm³/mol. The van der Waals surface area contributed by atoms with Crippen LogP contribution in [0.4, 0.5) is 0 Å². The van der Waals surface area contributed by atoms with Crippen molar-refractivity contribution >= 4 is 35.8 Å². The van der Waals surface area contributed by atoms with Crippen LogP contribution in [-0.4, -0.2) is 74.0 Å². The Morgan fingerprint density at radius 1 is 1.09 bits per heavy atom. The van der Waals surface area contributed by atoms with Gasteiger partial charge in [-0.25, -0.2) is 0 Å². The molecule has 186 valence electrons. The van der Waals surface area contributed by atoms with Gasteiger partial charge in [0.2, 0.25) is 5.91 Å². The lowest BCUT2D eigenvalue weighted by molar-refractivity contribution is -0.133. The summed E-state index contributed by atoms with van der Waals surface area (Å²) >= 11 is 0. The Morgan fingerprint density at radius 2 is 1.82 bits per heavy atom. The number of aliphatic imine (C=N–C) groups is 1. The van der Waals surface area contributed by atoms with Crippen molar-refractivity contribution < 1.29 is 4.79 Å². The van der Waals surface area contributed by atoms with Gasteiger partial charge in [0.15, 0.2) is 5.96 Å². The summed E-state index contributed by atoms with van der Waals surface area (Å²) in [5.41, 5.74) is 1.48. The standard InChI is InChI=1S/C26H43N5O.HI/c1-21(2)25(32)31-18-13-24(20-31)29-26(27-3)28-14-7-8-15-30-16-11-23(12-17-30)19-22-9-5-4-6-10-22;/h4-6,9-10,21,23-24H,7-8,11-20H2,1-3H3,(H2,27,28,29);1H. The summed E-state index contributed by atoms with van der Waals surface area (Å²) in [6, 6.07) is 11.2. The lowest BCUT2D eigenvalue weighted by Gasteiger charge is -2.32. The van der Waals surface area contributed by atoms with Gasteiger partial charge >= 0.3 is 0 Å². The Bertz CT molecular complexity index is 719. The Kier molecular flexibility index (Phi) is 12.5. The van der Waals surface area contributed by atoms with Crippen molar-refractivity contribution in [3.63, 3.8) is 0 Å². The Labute approximate surface area is 218 Å². The molecule has 2 fully saturated rings. The van der Waals surface area contributed by atoms with E-state index in [1.807, 2.05) is 25.8 Å². The number of hydrogen-bond acceptors (Lipinski definition) is 3. The van der Waals surface area contributed by atoms with Crippen molar-refractivity contribution in [3.8, 4) is 0 Å². The third kappa shape index (κ3) is 9.43. The number of hydrogen-bond donors (Lipinski definition) is 2. The highest BCUT2D eigenvalue weighted by Crippen LogP contribution is 2.21. The van der Waals surface area contributed by atoms with Crippen molar-refractivity contribution in [3.05, 3.63) is 35.9 Å². The van der Waals surface area contributed by atoms with Crippen molar-refractivity contribution in [1.82, 2.24) is 20.4 Å². The number of piperidine rings is 1.